The van der Waals surface area contributed by atoms with E-state index in [1.165, 1.54) is 10.5 Å². The van der Waals surface area contributed by atoms with Crippen LogP contribution in [0.15, 0.2) is 53.4 Å². The summed E-state index contributed by atoms with van der Waals surface area (Å²) in [6.07, 6.45) is 1.97. The van der Waals surface area contributed by atoms with Gasteiger partial charge in [-0.25, -0.2) is 4.39 Å². The Labute approximate surface area is 130 Å². The number of benzene rings is 2. The average Bonchev–Trinajstić information content (AvgIpc) is 2.53. The van der Waals surface area contributed by atoms with E-state index < -0.39 is 0 Å². The molecule has 1 aliphatic heterocycles. The summed E-state index contributed by atoms with van der Waals surface area (Å²) in [7, 11) is 0. The second-order valence-electron chi connectivity index (χ2n) is 5.38. The molecular formula is C18H20FNS. The van der Waals surface area contributed by atoms with E-state index in [4.69, 9.17) is 0 Å². The van der Waals surface area contributed by atoms with Crippen molar-refractivity contribution in [3.8, 4) is 0 Å². The Morgan fingerprint density at radius 2 is 1.95 bits per heavy atom. The zero-order valence-electron chi connectivity index (χ0n) is 12.2. The van der Waals surface area contributed by atoms with E-state index >= 15 is 0 Å². The smallest absolute Gasteiger partial charge is 0.127 e. The van der Waals surface area contributed by atoms with Gasteiger partial charge in [-0.05, 0) is 36.3 Å². The molecule has 110 valence electrons. The summed E-state index contributed by atoms with van der Waals surface area (Å²) >= 11 is 1.91. The fourth-order valence-electron chi connectivity index (χ4n) is 2.94. The van der Waals surface area contributed by atoms with E-state index in [2.05, 4.69) is 36.5 Å². The van der Waals surface area contributed by atoms with Crippen LogP contribution in [0.3, 0.4) is 0 Å². The van der Waals surface area contributed by atoms with Gasteiger partial charge in [0.25, 0.3) is 0 Å². The summed E-state index contributed by atoms with van der Waals surface area (Å²) in [6.45, 7) is 2.10. The molecule has 1 nitrogen and oxygen atoms in total. The molecule has 0 fully saturated rings. The largest absolute Gasteiger partial charge is 0.303 e. The molecule has 1 heterocycles. The normalized spacial score (nSPS) is 19.0. The first-order valence-electron chi connectivity index (χ1n) is 7.51. The summed E-state index contributed by atoms with van der Waals surface area (Å²) in [5.74, 6) is 0.998. The molecule has 0 saturated heterocycles. The van der Waals surface area contributed by atoms with Gasteiger partial charge in [0.05, 0.1) is 0 Å². The molecule has 0 aromatic heterocycles. The van der Waals surface area contributed by atoms with Crippen molar-refractivity contribution in [3.05, 3.63) is 65.5 Å². The van der Waals surface area contributed by atoms with Gasteiger partial charge in [0, 0.05) is 22.5 Å². The molecule has 1 aliphatic rings. The lowest BCUT2D eigenvalue weighted by atomic mass is 9.98. The maximum Gasteiger partial charge on any atom is 0.127 e. The first-order chi connectivity index (χ1) is 10.3. The number of hydrogen-bond donors (Lipinski definition) is 1. The van der Waals surface area contributed by atoms with Gasteiger partial charge in [-0.1, -0.05) is 43.3 Å². The van der Waals surface area contributed by atoms with Crippen molar-refractivity contribution in [1.29, 1.82) is 0 Å². The molecule has 0 radical (unpaired) electrons. The van der Waals surface area contributed by atoms with Gasteiger partial charge in [0.2, 0.25) is 0 Å². The predicted octanol–water partition coefficient (Wildman–Crippen LogP) is 5.10. The molecule has 2 unspecified atom stereocenters. The minimum atomic E-state index is -0.115. The number of thioether (sulfide) groups is 1. The second kappa shape index (κ2) is 6.63. The summed E-state index contributed by atoms with van der Waals surface area (Å²) in [6, 6.07) is 16.0. The highest BCUT2D eigenvalue weighted by Gasteiger charge is 2.24. The fraction of sp³-hybridized carbons (Fsp3) is 0.333. The Balaban J connectivity index is 1.84. The molecule has 2 aromatic rings. The van der Waals surface area contributed by atoms with Crippen molar-refractivity contribution in [3.63, 3.8) is 0 Å². The Hall–Kier alpha value is -1.32. The molecule has 0 saturated carbocycles. The van der Waals surface area contributed by atoms with Crippen molar-refractivity contribution in [2.75, 3.05) is 5.75 Å². The summed E-state index contributed by atoms with van der Waals surface area (Å²) in [4.78, 5) is 1.35. The van der Waals surface area contributed by atoms with Crippen LogP contribution in [0.25, 0.3) is 0 Å². The van der Waals surface area contributed by atoms with Gasteiger partial charge in [-0.3, -0.25) is 0 Å². The Kier molecular flexibility index (Phi) is 4.61. The minimum absolute atomic E-state index is 0.0624. The van der Waals surface area contributed by atoms with Crippen molar-refractivity contribution in [1.82, 2.24) is 5.32 Å². The number of rotatable bonds is 4. The van der Waals surface area contributed by atoms with Gasteiger partial charge >= 0.3 is 0 Å². The number of halogens is 1. The quantitative estimate of drug-likeness (QED) is 0.843. The topological polar surface area (TPSA) is 12.0 Å². The molecule has 0 aliphatic carbocycles. The number of fused-ring (bicyclic) bond motifs is 1. The molecule has 0 spiro atoms. The highest BCUT2D eigenvalue weighted by atomic mass is 32.2. The van der Waals surface area contributed by atoms with E-state index in [9.17, 15) is 4.39 Å². The lowest BCUT2D eigenvalue weighted by Crippen LogP contribution is -2.29. The number of nitrogens with one attached hydrogen (secondary N) is 1. The third kappa shape index (κ3) is 3.14. The molecule has 1 N–H and O–H groups in total. The standard InChI is InChI=1S/C18H20FNS/c1-2-16(13-7-3-5-9-15(13)19)20-17-11-12-21-18-10-6-4-8-14(17)18/h3-10,16-17,20H,2,11-12H2,1H3. The van der Waals surface area contributed by atoms with E-state index in [0.29, 0.717) is 6.04 Å². The van der Waals surface area contributed by atoms with Crippen LogP contribution < -0.4 is 5.32 Å². The van der Waals surface area contributed by atoms with Crippen LogP contribution in [0.1, 0.15) is 43.0 Å². The second-order valence-corrected chi connectivity index (χ2v) is 6.51. The van der Waals surface area contributed by atoms with Crippen molar-refractivity contribution in [2.24, 2.45) is 0 Å². The minimum Gasteiger partial charge on any atom is -0.303 e. The SMILES string of the molecule is CCC(NC1CCSc2ccccc21)c1ccccc1F. The lowest BCUT2D eigenvalue weighted by molar-refractivity contribution is 0.409. The van der Waals surface area contributed by atoms with Gasteiger partial charge < -0.3 is 5.32 Å². The van der Waals surface area contributed by atoms with Crippen LogP contribution in [-0.2, 0) is 0 Å². The van der Waals surface area contributed by atoms with Gasteiger partial charge in [0.1, 0.15) is 5.82 Å². The molecule has 3 heteroatoms. The van der Waals surface area contributed by atoms with Crippen LogP contribution in [0.4, 0.5) is 4.39 Å². The van der Waals surface area contributed by atoms with Crippen LogP contribution in [0, 0.1) is 5.82 Å². The van der Waals surface area contributed by atoms with Crippen molar-refractivity contribution < 1.29 is 4.39 Å². The van der Waals surface area contributed by atoms with E-state index in [-0.39, 0.29) is 11.9 Å². The maximum absolute atomic E-state index is 14.0. The first kappa shape index (κ1) is 14.6. The molecule has 0 amide bonds. The van der Waals surface area contributed by atoms with Crippen LogP contribution in [0.2, 0.25) is 0 Å². The van der Waals surface area contributed by atoms with Gasteiger partial charge in [-0.15, -0.1) is 11.8 Å². The molecule has 3 rings (SSSR count). The molecule has 2 atom stereocenters. The lowest BCUT2D eigenvalue weighted by Gasteiger charge is -2.30. The predicted molar refractivity (Wildman–Crippen MR) is 87.1 cm³/mol. The fourth-order valence-corrected chi connectivity index (χ4v) is 4.07. The Morgan fingerprint density at radius 3 is 2.76 bits per heavy atom. The summed E-state index contributed by atoms with van der Waals surface area (Å²) in [5.41, 5.74) is 2.12. The molecule has 2 aromatic carbocycles. The van der Waals surface area contributed by atoms with Crippen LogP contribution in [-0.4, -0.2) is 5.75 Å². The van der Waals surface area contributed by atoms with E-state index in [0.717, 1.165) is 24.2 Å². The van der Waals surface area contributed by atoms with Gasteiger partial charge in [0.15, 0.2) is 0 Å². The summed E-state index contributed by atoms with van der Waals surface area (Å²) in [5, 5.41) is 3.67. The third-order valence-corrected chi connectivity index (χ3v) is 5.17. The highest BCUT2D eigenvalue weighted by Crippen LogP contribution is 2.37. The van der Waals surface area contributed by atoms with Crippen LogP contribution >= 0.6 is 11.8 Å². The molecule has 21 heavy (non-hydrogen) atoms. The Bertz CT molecular complexity index is 614. The van der Waals surface area contributed by atoms with E-state index in [1.807, 2.05) is 23.9 Å². The molecular weight excluding hydrogens is 281 g/mol. The van der Waals surface area contributed by atoms with Crippen molar-refractivity contribution >= 4 is 11.8 Å². The Morgan fingerprint density at radius 1 is 1.19 bits per heavy atom. The molecule has 0 bridgehead atoms. The zero-order chi connectivity index (χ0) is 14.7. The monoisotopic (exact) mass is 301 g/mol. The maximum atomic E-state index is 14.0. The highest BCUT2D eigenvalue weighted by molar-refractivity contribution is 7.99. The zero-order valence-corrected chi connectivity index (χ0v) is 13.0. The third-order valence-electron chi connectivity index (χ3n) is 4.05. The first-order valence-corrected chi connectivity index (χ1v) is 8.50. The number of hydrogen-bond acceptors (Lipinski definition) is 2. The van der Waals surface area contributed by atoms with Crippen LogP contribution in [0.5, 0.6) is 0 Å². The van der Waals surface area contributed by atoms with Crippen molar-refractivity contribution in [2.45, 2.75) is 36.7 Å². The summed E-state index contributed by atoms with van der Waals surface area (Å²) < 4.78 is 14.0. The van der Waals surface area contributed by atoms with E-state index in [1.54, 1.807) is 12.1 Å². The van der Waals surface area contributed by atoms with Gasteiger partial charge in [-0.2, -0.15) is 0 Å². The average molecular weight is 301 g/mol.